The third kappa shape index (κ3) is 3.67. The molecule has 0 bridgehead atoms. The van der Waals surface area contributed by atoms with Crippen molar-refractivity contribution in [3.05, 3.63) is 29.3 Å². The van der Waals surface area contributed by atoms with Gasteiger partial charge in [0.2, 0.25) is 0 Å². The highest BCUT2D eigenvalue weighted by Gasteiger charge is 1.99. The normalized spacial score (nSPS) is 9.27. The van der Waals surface area contributed by atoms with Gasteiger partial charge in [0, 0.05) is 6.42 Å². The fourth-order valence-corrected chi connectivity index (χ4v) is 1.53. The summed E-state index contributed by atoms with van der Waals surface area (Å²) in [7, 11) is 0. The number of ether oxygens (including phenoxy) is 1. The van der Waals surface area contributed by atoms with Crippen LogP contribution in [0.5, 0.6) is 5.75 Å². The summed E-state index contributed by atoms with van der Waals surface area (Å²) in [5.41, 5.74) is 2.65. The van der Waals surface area contributed by atoms with Crippen LogP contribution in [0, 0.1) is 18.8 Å². The van der Waals surface area contributed by atoms with E-state index in [9.17, 15) is 0 Å². The quantitative estimate of drug-likeness (QED) is 0.680. The highest BCUT2D eigenvalue weighted by molar-refractivity contribution is 5.35. The molecule has 0 atom stereocenters. The third-order valence-corrected chi connectivity index (χ3v) is 2.32. The summed E-state index contributed by atoms with van der Waals surface area (Å²) in [4.78, 5) is 0. The maximum absolute atomic E-state index is 5.44. The molecule has 1 rings (SSSR count). The molecule has 0 unspecified atom stereocenters. The molecule has 1 aromatic carbocycles. The zero-order chi connectivity index (χ0) is 11.1. The van der Waals surface area contributed by atoms with Gasteiger partial charge in [0.15, 0.2) is 0 Å². The first-order chi connectivity index (χ1) is 7.27. The second kappa shape index (κ2) is 6.14. The van der Waals surface area contributed by atoms with Crippen molar-refractivity contribution in [1.29, 1.82) is 0 Å². The van der Waals surface area contributed by atoms with Crippen molar-refractivity contribution in [3.63, 3.8) is 0 Å². The molecule has 15 heavy (non-hydrogen) atoms. The maximum Gasteiger partial charge on any atom is 0.119 e. The first-order valence-electron chi connectivity index (χ1n) is 5.40. The summed E-state index contributed by atoms with van der Waals surface area (Å²) in [5, 5.41) is 0. The van der Waals surface area contributed by atoms with Crippen molar-refractivity contribution in [3.8, 4) is 17.6 Å². The molecule has 0 saturated carbocycles. The van der Waals surface area contributed by atoms with Gasteiger partial charge in [-0.3, -0.25) is 0 Å². The van der Waals surface area contributed by atoms with Crippen LogP contribution in [0.3, 0.4) is 0 Å². The summed E-state index contributed by atoms with van der Waals surface area (Å²) in [6.07, 6.45) is 1.96. The topological polar surface area (TPSA) is 9.23 Å². The number of rotatable bonds is 4. The molecule has 0 aliphatic rings. The van der Waals surface area contributed by atoms with E-state index in [4.69, 9.17) is 4.74 Å². The molecule has 0 heterocycles. The van der Waals surface area contributed by atoms with E-state index in [1.54, 1.807) is 0 Å². The lowest BCUT2D eigenvalue weighted by molar-refractivity contribution is 0.340. The predicted octanol–water partition coefficient (Wildman–Crippen LogP) is 3.35. The summed E-state index contributed by atoms with van der Waals surface area (Å²) < 4.78 is 5.44. The molecule has 0 radical (unpaired) electrons. The number of aryl methyl sites for hydroxylation is 2. The molecule has 1 aromatic rings. The van der Waals surface area contributed by atoms with E-state index in [1.807, 2.05) is 19.9 Å². The van der Waals surface area contributed by atoms with Crippen LogP contribution in [0.2, 0.25) is 0 Å². The Morgan fingerprint density at radius 1 is 1.33 bits per heavy atom. The molecule has 0 spiro atoms. The van der Waals surface area contributed by atoms with Crippen molar-refractivity contribution in [2.24, 2.45) is 0 Å². The third-order valence-electron chi connectivity index (χ3n) is 2.32. The smallest absolute Gasteiger partial charge is 0.119 e. The molecular weight excluding hydrogens is 184 g/mol. The van der Waals surface area contributed by atoms with Crippen molar-refractivity contribution in [2.45, 2.75) is 33.6 Å². The van der Waals surface area contributed by atoms with Crippen LogP contribution in [-0.2, 0) is 6.42 Å². The molecule has 1 heteroatoms. The molecule has 0 aromatic heterocycles. The summed E-state index contributed by atoms with van der Waals surface area (Å²) in [6.45, 7) is 6.72. The van der Waals surface area contributed by atoms with Crippen LogP contribution in [0.4, 0.5) is 0 Å². The number of hydrogen-bond acceptors (Lipinski definition) is 1. The van der Waals surface area contributed by atoms with Gasteiger partial charge in [-0.1, -0.05) is 6.07 Å². The minimum absolute atomic E-state index is 0.722. The van der Waals surface area contributed by atoms with Crippen molar-refractivity contribution < 1.29 is 4.74 Å². The number of hydrogen-bond donors (Lipinski definition) is 0. The van der Waals surface area contributed by atoms with E-state index in [0.29, 0.717) is 0 Å². The van der Waals surface area contributed by atoms with E-state index in [0.717, 1.165) is 25.2 Å². The summed E-state index contributed by atoms with van der Waals surface area (Å²) in [6, 6.07) is 6.26. The Morgan fingerprint density at radius 3 is 2.73 bits per heavy atom. The first-order valence-corrected chi connectivity index (χ1v) is 5.40. The second-order valence-corrected chi connectivity index (χ2v) is 3.45. The second-order valence-electron chi connectivity index (χ2n) is 3.45. The summed E-state index contributed by atoms with van der Waals surface area (Å²) >= 11 is 0. The fraction of sp³-hybridized carbons (Fsp3) is 0.429. The van der Waals surface area contributed by atoms with Crippen molar-refractivity contribution in [2.75, 3.05) is 6.61 Å². The fourth-order valence-electron chi connectivity index (χ4n) is 1.53. The average Bonchev–Trinajstić information content (AvgIpc) is 2.22. The standard InChI is InChI=1S/C14H18O/c1-4-6-7-8-13-9-10-14(15-5-2)11-12(13)3/h9-11H,5,7-8H2,1-3H3. The molecule has 80 valence electrons. The van der Waals surface area contributed by atoms with E-state index < -0.39 is 0 Å². The molecule has 0 amide bonds. The van der Waals surface area contributed by atoms with E-state index in [1.165, 1.54) is 11.1 Å². The van der Waals surface area contributed by atoms with Gasteiger partial charge in [0.05, 0.1) is 6.61 Å². The average molecular weight is 202 g/mol. The lowest BCUT2D eigenvalue weighted by Crippen LogP contribution is -1.94. The van der Waals surface area contributed by atoms with Gasteiger partial charge in [-0.25, -0.2) is 0 Å². The highest BCUT2D eigenvalue weighted by atomic mass is 16.5. The van der Waals surface area contributed by atoms with Crippen LogP contribution >= 0.6 is 0 Å². The molecule has 1 nitrogen and oxygen atoms in total. The van der Waals surface area contributed by atoms with Crippen molar-refractivity contribution in [1.82, 2.24) is 0 Å². The zero-order valence-electron chi connectivity index (χ0n) is 9.76. The van der Waals surface area contributed by atoms with Crippen LogP contribution < -0.4 is 4.74 Å². The van der Waals surface area contributed by atoms with Crippen LogP contribution in [0.25, 0.3) is 0 Å². The Bertz CT molecular complexity index is 369. The van der Waals surface area contributed by atoms with Crippen LogP contribution in [-0.4, -0.2) is 6.61 Å². The van der Waals surface area contributed by atoms with Gasteiger partial charge in [-0.2, -0.15) is 0 Å². The molecular formula is C14H18O. The Kier molecular flexibility index (Phi) is 4.77. The largest absolute Gasteiger partial charge is 0.494 e. The Balaban J connectivity index is 2.68. The Morgan fingerprint density at radius 2 is 2.13 bits per heavy atom. The molecule has 0 aliphatic heterocycles. The monoisotopic (exact) mass is 202 g/mol. The Labute approximate surface area is 92.5 Å². The minimum atomic E-state index is 0.722. The van der Waals surface area contributed by atoms with Gasteiger partial charge < -0.3 is 4.74 Å². The van der Waals surface area contributed by atoms with Crippen LogP contribution in [0.15, 0.2) is 18.2 Å². The highest BCUT2D eigenvalue weighted by Crippen LogP contribution is 2.18. The maximum atomic E-state index is 5.44. The van der Waals surface area contributed by atoms with Gasteiger partial charge >= 0.3 is 0 Å². The molecule has 0 aliphatic carbocycles. The summed E-state index contributed by atoms with van der Waals surface area (Å²) in [5.74, 6) is 6.96. The van der Waals surface area contributed by atoms with Gasteiger partial charge in [0.1, 0.15) is 5.75 Å². The molecule has 0 N–H and O–H groups in total. The zero-order valence-corrected chi connectivity index (χ0v) is 9.76. The minimum Gasteiger partial charge on any atom is -0.494 e. The Hall–Kier alpha value is -1.42. The predicted molar refractivity (Wildman–Crippen MR) is 64.1 cm³/mol. The lowest BCUT2D eigenvalue weighted by Gasteiger charge is -2.07. The SMILES string of the molecule is CC#CCCc1ccc(OCC)cc1C. The molecule has 0 saturated heterocycles. The van der Waals surface area contributed by atoms with Crippen LogP contribution in [0.1, 0.15) is 31.4 Å². The van der Waals surface area contributed by atoms with E-state index >= 15 is 0 Å². The molecule has 0 fully saturated rings. The van der Waals surface area contributed by atoms with E-state index in [2.05, 4.69) is 30.9 Å². The van der Waals surface area contributed by atoms with Gasteiger partial charge in [-0.15, -0.1) is 11.8 Å². The van der Waals surface area contributed by atoms with Crippen molar-refractivity contribution >= 4 is 0 Å². The number of benzene rings is 1. The van der Waals surface area contributed by atoms with Gasteiger partial charge in [-0.05, 0) is 50.5 Å². The van der Waals surface area contributed by atoms with E-state index in [-0.39, 0.29) is 0 Å². The first kappa shape index (κ1) is 11.7. The lowest BCUT2D eigenvalue weighted by atomic mass is 10.0. The van der Waals surface area contributed by atoms with Gasteiger partial charge in [0.25, 0.3) is 0 Å².